The number of anilines is 2. The van der Waals surface area contributed by atoms with Crippen LogP contribution < -0.4 is 15.4 Å². The summed E-state index contributed by atoms with van der Waals surface area (Å²) in [4.78, 5) is 11.1. The molecule has 0 saturated carbocycles. The molecular weight excluding hydrogens is 266 g/mol. The molecule has 0 spiro atoms. The van der Waals surface area contributed by atoms with Crippen LogP contribution in [-0.2, 0) is 0 Å². The second-order valence-electron chi connectivity index (χ2n) is 5.36. The minimum absolute atomic E-state index is 0.701. The Morgan fingerprint density at radius 3 is 2.43 bits per heavy atom. The number of hydrogen-bond donors (Lipinski definition) is 2. The van der Waals surface area contributed by atoms with Crippen molar-refractivity contribution in [2.45, 2.75) is 32.6 Å². The van der Waals surface area contributed by atoms with E-state index in [1.165, 1.54) is 25.9 Å². The van der Waals surface area contributed by atoms with Crippen LogP contribution in [0, 0.1) is 0 Å². The maximum absolute atomic E-state index is 5.44. The zero-order chi connectivity index (χ0) is 14.9. The standard InChI is InChI=1S/C15H27N5O/c1-3-7-16-14-13(21-2)15(19-12-18-14)17-8-6-11-20-9-4-5-10-20/h12H,3-11H2,1-2H3,(H2,16,17,18,19). The molecular formula is C15H27N5O. The summed E-state index contributed by atoms with van der Waals surface area (Å²) in [5.74, 6) is 2.23. The average molecular weight is 293 g/mol. The molecule has 6 nitrogen and oxygen atoms in total. The topological polar surface area (TPSA) is 62.3 Å². The van der Waals surface area contributed by atoms with Gasteiger partial charge in [-0.1, -0.05) is 6.92 Å². The fraction of sp³-hybridized carbons (Fsp3) is 0.733. The molecule has 2 heterocycles. The molecule has 0 bridgehead atoms. The van der Waals surface area contributed by atoms with E-state index >= 15 is 0 Å². The lowest BCUT2D eigenvalue weighted by molar-refractivity contribution is 0.337. The van der Waals surface area contributed by atoms with E-state index in [2.05, 4.69) is 32.4 Å². The number of methoxy groups -OCH3 is 1. The smallest absolute Gasteiger partial charge is 0.204 e. The highest BCUT2D eigenvalue weighted by molar-refractivity contribution is 5.63. The summed E-state index contributed by atoms with van der Waals surface area (Å²) >= 11 is 0. The van der Waals surface area contributed by atoms with Crippen LogP contribution in [0.2, 0.25) is 0 Å². The molecule has 0 aliphatic carbocycles. The van der Waals surface area contributed by atoms with E-state index in [1.54, 1.807) is 13.4 Å². The van der Waals surface area contributed by atoms with Crippen LogP contribution in [0.3, 0.4) is 0 Å². The van der Waals surface area contributed by atoms with Gasteiger partial charge in [-0.05, 0) is 45.3 Å². The van der Waals surface area contributed by atoms with Crippen molar-refractivity contribution in [1.82, 2.24) is 14.9 Å². The normalized spacial score (nSPS) is 15.1. The fourth-order valence-electron chi connectivity index (χ4n) is 2.58. The molecule has 0 unspecified atom stereocenters. The van der Waals surface area contributed by atoms with Gasteiger partial charge in [-0.3, -0.25) is 0 Å². The summed E-state index contributed by atoms with van der Waals surface area (Å²) in [7, 11) is 1.66. The van der Waals surface area contributed by atoms with E-state index in [0.717, 1.165) is 44.1 Å². The lowest BCUT2D eigenvalue weighted by Gasteiger charge is -2.16. The van der Waals surface area contributed by atoms with E-state index in [1.807, 2.05) is 0 Å². The van der Waals surface area contributed by atoms with Gasteiger partial charge in [-0.15, -0.1) is 0 Å². The molecule has 1 fully saturated rings. The van der Waals surface area contributed by atoms with Crippen molar-refractivity contribution in [3.05, 3.63) is 6.33 Å². The molecule has 0 radical (unpaired) electrons. The molecule has 1 aromatic rings. The van der Waals surface area contributed by atoms with Gasteiger partial charge in [0.05, 0.1) is 7.11 Å². The third-order valence-corrected chi connectivity index (χ3v) is 3.69. The molecule has 1 aliphatic heterocycles. The summed E-state index contributed by atoms with van der Waals surface area (Å²) in [6.45, 7) is 7.56. The van der Waals surface area contributed by atoms with Crippen molar-refractivity contribution in [3.63, 3.8) is 0 Å². The van der Waals surface area contributed by atoms with Crippen molar-refractivity contribution in [3.8, 4) is 5.75 Å². The second-order valence-corrected chi connectivity index (χ2v) is 5.36. The quantitative estimate of drug-likeness (QED) is 0.681. The Bertz CT molecular complexity index is 421. The van der Waals surface area contributed by atoms with Gasteiger partial charge in [-0.25, -0.2) is 9.97 Å². The van der Waals surface area contributed by atoms with Crippen LogP contribution in [0.5, 0.6) is 5.75 Å². The van der Waals surface area contributed by atoms with Gasteiger partial charge < -0.3 is 20.3 Å². The van der Waals surface area contributed by atoms with Gasteiger partial charge in [-0.2, -0.15) is 0 Å². The highest BCUT2D eigenvalue weighted by Crippen LogP contribution is 2.28. The SMILES string of the molecule is CCCNc1ncnc(NCCCN2CCCC2)c1OC. The lowest BCUT2D eigenvalue weighted by Crippen LogP contribution is -2.22. The minimum Gasteiger partial charge on any atom is -0.490 e. The summed E-state index contributed by atoms with van der Waals surface area (Å²) in [6, 6.07) is 0. The molecule has 1 saturated heterocycles. The van der Waals surface area contributed by atoms with E-state index in [-0.39, 0.29) is 0 Å². The minimum atomic E-state index is 0.701. The van der Waals surface area contributed by atoms with Gasteiger partial charge >= 0.3 is 0 Å². The van der Waals surface area contributed by atoms with Crippen LogP contribution in [0.25, 0.3) is 0 Å². The van der Waals surface area contributed by atoms with Gasteiger partial charge in [0, 0.05) is 13.1 Å². The number of rotatable bonds is 9. The molecule has 2 N–H and O–H groups in total. The largest absolute Gasteiger partial charge is 0.490 e. The molecule has 6 heteroatoms. The van der Waals surface area contributed by atoms with Crippen molar-refractivity contribution in [2.75, 3.05) is 50.5 Å². The fourth-order valence-corrected chi connectivity index (χ4v) is 2.58. The van der Waals surface area contributed by atoms with Gasteiger partial charge in [0.15, 0.2) is 11.6 Å². The first-order valence-electron chi connectivity index (χ1n) is 7.94. The van der Waals surface area contributed by atoms with Crippen molar-refractivity contribution < 1.29 is 4.74 Å². The van der Waals surface area contributed by atoms with Crippen LogP contribution in [-0.4, -0.2) is 54.7 Å². The number of nitrogens with one attached hydrogen (secondary N) is 2. The van der Waals surface area contributed by atoms with Crippen LogP contribution in [0.15, 0.2) is 6.33 Å². The molecule has 2 rings (SSSR count). The van der Waals surface area contributed by atoms with Crippen LogP contribution in [0.1, 0.15) is 32.6 Å². The lowest BCUT2D eigenvalue weighted by atomic mass is 10.3. The Balaban J connectivity index is 1.83. The van der Waals surface area contributed by atoms with E-state index in [4.69, 9.17) is 4.74 Å². The van der Waals surface area contributed by atoms with Gasteiger partial charge in [0.2, 0.25) is 5.75 Å². The molecule has 118 valence electrons. The van der Waals surface area contributed by atoms with E-state index in [0.29, 0.717) is 5.75 Å². The monoisotopic (exact) mass is 293 g/mol. The Morgan fingerprint density at radius 1 is 1.14 bits per heavy atom. The molecule has 21 heavy (non-hydrogen) atoms. The van der Waals surface area contributed by atoms with Crippen molar-refractivity contribution in [2.24, 2.45) is 0 Å². The van der Waals surface area contributed by atoms with Crippen molar-refractivity contribution >= 4 is 11.6 Å². The maximum Gasteiger partial charge on any atom is 0.204 e. The Morgan fingerprint density at radius 2 is 1.81 bits per heavy atom. The van der Waals surface area contributed by atoms with Crippen LogP contribution >= 0.6 is 0 Å². The highest BCUT2D eigenvalue weighted by Gasteiger charge is 2.12. The predicted molar refractivity (Wildman–Crippen MR) is 86.1 cm³/mol. The average Bonchev–Trinajstić information content (AvgIpc) is 3.02. The number of likely N-dealkylation sites (tertiary alicyclic amines) is 1. The van der Waals surface area contributed by atoms with Gasteiger partial charge in [0.25, 0.3) is 0 Å². The Kier molecular flexibility index (Phi) is 6.53. The number of aromatic nitrogens is 2. The number of ether oxygens (including phenoxy) is 1. The maximum atomic E-state index is 5.44. The zero-order valence-corrected chi connectivity index (χ0v) is 13.2. The summed E-state index contributed by atoms with van der Waals surface area (Å²) in [5, 5.41) is 6.63. The molecule has 1 aromatic heterocycles. The molecule has 0 aromatic carbocycles. The summed E-state index contributed by atoms with van der Waals surface area (Å²) in [6.07, 6.45) is 6.43. The molecule has 0 amide bonds. The predicted octanol–water partition coefficient (Wildman–Crippen LogP) is 2.20. The molecule has 0 atom stereocenters. The Hall–Kier alpha value is -1.56. The molecule has 1 aliphatic rings. The first kappa shape index (κ1) is 15.8. The first-order chi connectivity index (χ1) is 10.3. The third-order valence-electron chi connectivity index (χ3n) is 3.69. The Labute approximate surface area is 127 Å². The first-order valence-corrected chi connectivity index (χ1v) is 7.94. The van der Waals surface area contributed by atoms with E-state index < -0.39 is 0 Å². The third kappa shape index (κ3) is 4.74. The number of hydrogen-bond acceptors (Lipinski definition) is 6. The van der Waals surface area contributed by atoms with Crippen molar-refractivity contribution in [1.29, 1.82) is 0 Å². The van der Waals surface area contributed by atoms with Crippen LogP contribution in [0.4, 0.5) is 11.6 Å². The van der Waals surface area contributed by atoms with E-state index in [9.17, 15) is 0 Å². The highest BCUT2D eigenvalue weighted by atomic mass is 16.5. The number of nitrogens with zero attached hydrogens (tertiary/aromatic N) is 3. The second kappa shape index (κ2) is 8.67. The summed E-state index contributed by atoms with van der Waals surface area (Å²) < 4.78 is 5.44. The van der Waals surface area contributed by atoms with Gasteiger partial charge in [0.1, 0.15) is 6.33 Å². The summed E-state index contributed by atoms with van der Waals surface area (Å²) in [5.41, 5.74) is 0. The zero-order valence-electron chi connectivity index (χ0n) is 13.2.